The van der Waals surface area contributed by atoms with E-state index in [-0.39, 0.29) is 6.16 Å². The molecule has 0 amide bonds. The summed E-state index contributed by atoms with van der Waals surface area (Å²) >= 11 is 1.40. The molecule has 1 aromatic heterocycles. The van der Waals surface area contributed by atoms with E-state index in [2.05, 4.69) is 5.09 Å². The number of hydrogen-bond acceptors (Lipinski definition) is 6. The van der Waals surface area contributed by atoms with Crippen molar-refractivity contribution in [2.24, 2.45) is 0 Å². The van der Waals surface area contributed by atoms with E-state index in [4.69, 9.17) is 9.26 Å². The molecule has 0 aliphatic rings. The molecule has 0 fully saturated rings. The van der Waals surface area contributed by atoms with Gasteiger partial charge in [-0.05, 0) is 54.6 Å². The van der Waals surface area contributed by atoms with Gasteiger partial charge in [-0.2, -0.15) is 0 Å². The number of hydrogen-bond donors (Lipinski definition) is 1. The molecule has 0 aliphatic carbocycles. The van der Waals surface area contributed by atoms with Gasteiger partial charge in [0.1, 0.15) is 11.8 Å². The lowest BCUT2D eigenvalue weighted by atomic mass is 10.2. The van der Waals surface area contributed by atoms with Gasteiger partial charge < -0.3 is 9.26 Å². The summed E-state index contributed by atoms with van der Waals surface area (Å²) in [5.41, 5.74) is 0.777. The van der Waals surface area contributed by atoms with Gasteiger partial charge in [-0.25, -0.2) is 5.09 Å². The average molecular weight is 445 g/mol. The Morgan fingerprint density at radius 3 is 2.67 bits per heavy atom. The third kappa shape index (κ3) is 5.79. The summed E-state index contributed by atoms with van der Waals surface area (Å²) in [6.45, 7) is 3.82. The Morgan fingerprint density at radius 2 is 1.97 bits per heavy atom. The Hall–Kier alpha value is -2.47. The minimum atomic E-state index is -3.50. The van der Waals surface area contributed by atoms with Gasteiger partial charge >= 0.3 is 13.5 Å². The number of fused-ring (bicyclic) bond motifs is 1. The van der Waals surface area contributed by atoms with E-state index in [1.54, 1.807) is 37.3 Å². The maximum atomic E-state index is 13.7. The van der Waals surface area contributed by atoms with Gasteiger partial charge in [0.15, 0.2) is 6.29 Å². The molecule has 3 rings (SSSR count). The quantitative estimate of drug-likeness (QED) is 0.255. The van der Waals surface area contributed by atoms with Crippen molar-refractivity contribution < 1.29 is 23.4 Å². The standard InChI is InChI=1S/C22H24NO5PS/c1-3-11-27-22(25)16(2)23-29(26,28-19-7-5-4-6-8-19)15-17-9-10-21-18(12-17)13-20(14-24)30-21/h4-10,12-14,16H,3,11,15H2,1-2H3,(H,23,26). The zero-order valence-electron chi connectivity index (χ0n) is 16.9. The zero-order valence-corrected chi connectivity index (χ0v) is 18.6. The highest BCUT2D eigenvalue weighted by molar-refractivity contribution is 7.56. The summed E-state index contributed by atoms with van der Waals surface area (Å²) in [4.78, 5) is 23.9. The smallest absolute Gasteiger partial charge is 0.323 e. The first-order valence-corrected chi connectivity index (χ1v) is 12.3. The van der Waals surface area contributed by atoms with Gasteiger partial charge in [0.2, 0.25) is 0 Å². The number of ether oxygens (including phenoxy) is 1. The zero-order chi connectivity index (χ0) is 21.6. The van der Waals surface area contributed by atoms with Gasteiger partial charge in [-0.1, -0.05) is 31.2 Å². The van der Waals surface area contributed by atoms with Crippen LogP contribution in [0.25, 0.3) is 10.1 Å². The minimum Gasteiger partial charge on any atom is -0.465 e. The third-order valence-corrected chi connectivity index (χ3v) is 7.40. The van der Waals surface area contributed by atoms with Crippen molar-refractivity contribution in [1.82, 2.24) is 5.09 Å². The van der Waals surface area contributed by atoms with Crippen molar-refractivity contribution in [3.63, 3.8) is 0 Å². The van der Waals surface area contributed by atoms with E-state index in [0.29, 0.717) is 23.7 Å². The number of rotatable bonds is 10. The largest absolute Gasteiger partial charge is 0.465 e. The van der Waals surface area contributed by atoms with Gasteiger partial charge in [0.25, 0.3) is 0 Å². The first-order chi connectivity index (χ1) is 14.4. The Balaban J connectivity index is 1.85. The van der Waals surface area contributed by atoms with Crippen LogP contribution in [0.5, 0.6) is 5.75 Å². The number of aldehydes is 1. The lowest BCUT2D eigenvalue weighted by molar-refractivity contribution is -0.145. The second kappa shape index (κ2) is 10.0. The summed E-state index contributed by atoms with van der Waals surface area (Å²) in [5, 5.41) is 3.77. The molecule has 30 heavy (non-hydrogen) atoms. The van der Waals surface area contributed by atoms with Crippen LogP contribution in [0, 0.1) is 0 Å². The summed E-state index contributed by atoms with van der Waals surface area (Å²) in [6.07, 6.45) is 1.61. The molecule has 0 saturated heterocycles. The van der Waals surface area contributed by atoms with Gasteiger partial charge in [-0.3, -0.25) is 14.2 Å². The molecule has 1 heterocycles. The molecule has 3 aromatic rings. The van der Waals surface area contributed by atoms with E-state index >= 15 is 0 Å². The predicted octanol–water partition coefficient (Wildman–Crippen LogP) is 5.42. The van der Waals surface area contributed by atoms with Crippen LogP contribution >= 0.6 is 18.9 Å². The van der Waals surface area contributed by atoms with Crippen LogP contribution < -0.4 is 9.61 Å². The molecule has 0 radical (unpaired) electrons. The molecule has 6 nitrogen and oxygen atoms in total. The Labute approximate surface area is 179 Å². The van der Waals surface area contributed by atoms with Crippen molar-refractivity contribution in [2.75, 3.05) is 6.61 Å². The number of nitrogens with one attached hydrogen (secondary N) is 1. The van der Waals surface area contributed by atoms with Gasteiger partial charge in [0.05, 0.1) is 17.6 Å². The summed E-state index contributed by atoms with van der Waals surface area (Å²) in [7, 11) is -3.50. The summed E-state index contributed by atoms with van der Waals surface area (Å²) in [5.74, 6) is -0.0278. The first-order valence-electron chi connectivity index (χ1n) is 9.68. The first kappa shape index (κ1) is 22.2. The number of carbonyl (C=O) groups is 2. The predicted molar refractivity (Wildman–Crippen MR) is 119 cm³/mol. The lowest BCUT2D eigenvalue weighted by Crippen LogP contribution is -2.35. The molecule has 2 aromatic carbocycles. The summed E-state index contributed by atoms with van der Waals surface area (Å²) in [6, 6.07) is 15.5. The summed E-state index contributed by atoms with van der Waals surface area (Å²) < 4.78 is 25.7. The maximum absolute atomic E-state index is 13.7. The second-order valence-corrected chi connectivity index (χ2v) is 10.1. The van der Waals surface area contributed by atoms with Crippen molar-refractivity contribution >= 4 is 41.2 Å². The molecule has 0 bridgehead atoms. The molecule has 2 atom stereocenters. The minimum absolute atomic E-state index is 0.0789. The fourth-order valence-corrected chi connectivity index (χ4v) is 5.84. The van der Waals surface area contributed by atoms with Crippen LogP contribution in [0.3, 0.4) is 0 Å². The van der Waals surface area contributed by atoms with E-state index in [0.717, 1.165) is 21.9 Å². The molecule has 0 aliphatic heterocycles. The topological polar surface area (TPSA) is 81.7 Å². The monoisotopic (exact) mass is 445 g/mol. The highest BCUT2D eigenvalue weighted by Crippen LogP contribution is 2.47. The van der Waals surface area contributed by atoms with Gasteiger partial charge in [-0.15, -0.1) is 11.3 Å². The molecule has 8 heteroatoms. The number of esters is 1. The van der Waals surface area contributed by atoms with Crippen LogP contribution in [-0.4, -0.2) is 24.9 Å². The average Bonchev–Trinajstić information content (AvgIpc) is 3.14. The van der Waals surface area contributed by atoms with Gasteiger partial charge in [0, 0.05) is 4.70 Å². The fraction of sp³-hybridized carbons (Fsp3) is 0.273. The molecular weight excluding hydrogens is 421 g/mol. The normalized spacial score (nSPS) is 14.1. The SMILES string of the molecule is CCCOC(=O)C(C)NP(=O)(Cc1ccc2sc(C=O)cc2c1)Oc1ccccc1. The molecular formula is C22H24NO5PS. The van der Waals surface area contributed by atoms with Crippen LogP contribution in [0.1, 0.15) is 35.5 Å². The second-order valence-electron chi connectivity index (χ2n) is 6.89. The van der Waals surface area contributed by atoms with Crippen molar-refractivity contribution in [3.05, 3.63) is 65.0 Å². The third-order valence-electron chi connectivity index (χ3n) is 4.30. The highest BCUT2D eigenvalue weighted by atomic mass is 32.1. The molecule has 0 spiro atoms. The van der Waals surface area contributed by atoms with Crippen LogP contribution in [0.4, 0.5) is 0 Å². The van der Waals surface area contributed by atoms with E-state index in [1.807, 2.05) is 31.2 Å². The highest BCUT2D eigenvalue weighted by Gasteiger charge is 2.31. The Morgan fingerprint density at radius 1 is 1.20 bits per heavy atom. The molecule has 0 saturated carbocycles. The Bertz CT molecular complexity index is 1070. The van der Waals surface area contributed by atoms with E-state index < -0.39 is 19.5 Å². The van der Waals surface area contributed by atoms with E-state index in [1.165, 1.54) is 11.3 Å². The van der Waals surface area contributed by atoms with Crippen molar-refractivity contribution in [1.29, 1.82) is 0 Å². The van der Waals surface area contributed by atoms with Crippen LogP contribution in [0.15, 0.2) is 54.6 Å². The number of carbonyl (C=O) groups excluding carboxylic acids is 2. The lowest BCUT2D eigenvalue weighted by Gasteiger charge is -2.24. The van der Waals surface area contributed by atoms with Crippen LogP contribution in [-0.2, 0) is 20.3 Å². The number of thiophene rings is 1. The van der Waals surface area contributed by atoms with E-state index in [9.17, 15) is 14.2 Å². The molecule has 1 N–H and O–H groups in total. The number of benzene rings is 2. The van der Waals surface area contributed by atoms with Crippen molar-refractivity contribution in [3.8, 4) is 5.75 Å². The van der Waals surface area contributed by atoms with Crippen molar-refractivity contribution in [2.45, 2.75) is 32.5 Å². The fourth-order valence-electron chi connectivity index (χ4n) is 2.94. The Kier molecular flexibility index (Phi) is 7.43. The molecule has 158 valence electrons. The van der Waals surface area contributed by atoms with Crippen LogP contribution in [0.2, 0.25) is 0 Å². The number of para-hydroxylation sites is 1. The maximum Gasteiger partial charge on any atom is 0.323 e. The molecule has 2 unspecified atom stereocenters.